The molecule has 0 amide bonds. The van der Waals surface area contributed by atoms with Crippen LogP contribution in [0.1, 0.15) is 43.0 Å². The minimum absolute atomic E-state index is 0.229. The predicted molar refractivity (Wildman–Crippen MR) is 61.9 cm³/mol. The van der Waals surface area contributed by atoms with Crippen molar-refractivity contribution in [2.45, 2.75) is 32.6 Å². The highest BCUT2D eigenvalue weighted by atomic mass is 16.1. The summed E-state index contributed by atoms with van der Waals surface area (Å²) in [5.74, 6) is 0.229. The van der Waals surface area contributed by atoms with Crippen LogP contribution >= 0.6 is 0 Å². The van der Waals surface area contributed by atoms with Crippen molar-refractivity contribution in [1.82, 2.24) is 0 Å². The third kappa shape index (κ3) is 2.17. The molecule has 0 unspecified atom stereocenters. The number of carbonyl (C=O) groups is 1. The third-order valence-corrected chi connectivity index (χ3v) is 3.05. The van der Waals surface area contributed by atoms with Crippen molar-refractivity contribution in [2.75, 3.05) is 0 Å². The summed E-state index contributed by atoms with van der Waals surface area (Å²) in [7, 11) is 0. The Labute approximate surface area is 90.8 Å². The zero-order chi connectivity index (χ0) is 10.7. The average molecular weight is 200 g/mol. The molecule has 78 valence electrons. The first-order valence-corrected chi connectivity index (χ1v) is 5.57. The number of ketones is 1. The molecule has 0 saturated carbocycles. The van der Waals surface area contributed by atoms with E-state index in [1.807, 2.05) is 30.3 Å². The molecule has 0 heterocycles. The number of carbonyl (C=O) groups excluding carboxylic acids is 1. The second kappa shape index (κ2) is 4.43. The molecule has 15 heavy (non-hydrogen) atoms. The number of Topliss-reactive ketones (excluding diaryl/α,β-unsaturated/α-hetero) is 1. The maximum atomic E-state index is 12.2. The normalized spacial score (nSPS) is 16.6. The summed E-state index contributed by atoms with van der Waals surface area (Å²) in [6, 6.07) is 9.59. The largest absolute Gasteiger partial charge is 0.289 e. The van der Waals surface area contributed by atoms with Crippen molar-refractivity contribution in [3.8, 4) is 0 Å². The van der Waals surface area contributed by atoms with Gasteiger partial charge in [-0.1, -0.05) is 35.9 Å². The Morgan fingerprint density at radius 3 is 2.40 bits per heavy atom. The average Bonchev–Trinajstić information content (AvgIpc) is 2.30. The monoisotopic (exact) mass is 200 g/mol. The van der Waals surface area contributed by atoms with Crippen LogP contribution < -0.4 is 0 Å². The van der Waals surface area contributed by atoms with Gasteiger partial charge < -0.3 is 0 Å². The van der Waals surface area contributed by atoms with Crippen LogP contribution in [-0.4, -0.2) is 5.78 Å². The maximum Gasteiger partial charge on any atom is 0.188 e. The summed E-state index contributed by atoms with van der Waals surface area (Å²) in [6.07, 6.45) is 4.44. The maximum absolute atomic E-state index is 12.2. The number of rotatable bonds is 2. The van der Waals surface area contributed by atoms with Gasteiger partial charge in [-0.15, -0.1) is 0 Å². The zero-order valence-corrected chi connectivity index (χ0v) is 9.12. The van der Waals surface area contributed by atoms with E-state index in [-0.39, 0.29) is 5.78 Å². The summed E-state index contributed by atoms with van der Waals surface area (Å²) in [4.78, 5) is 12.2. The Balaban J connectivity index is 2.28. The Morgan fingerprint density at radius 2 is 1.73 bits per heavy atom. The van der Waals surface area contributed by atoms with Crippen LogP contribution in [0.5, 0.6) is 0 Å². The lowest BCUT2D eigenvalue weighted by atomic mass is 9.88. The molecule has 1 nitrogen and oxygen atoms in total. The highest BCUT2D eigenvalue weighted by molar-refractivity contribution is 6.09. The number of hydrogen-bond acceptors (Lipinski definition) is 1. The highest BCUT2D eigenvalue weighted by Gasteiger charge is 2.17. The highest BCUT2D eigenvalue weighted by Crippen LogP contribution is 2.26. The first kappa shape index (κ1) is 10.2. The van der Waals surface area contributed by atoms with E-state index < -0.39 is 0 Å². The topological polar surface area (TPSA) is 17.1 Å². The van der Waals surface area contributed by atoms with Gasteiger partial charge in [-0.05, 0) is 38.2 Å². The minimum Gasteiger partial charge on any atom is -0.289 e. The number of benzene rings is 1. The molecule has 0 atom stereocenters. The molecule has 1 aromatic carbocycles. The molecule has 0 bridgehead atoms. The van der Waals surface area contributed by atoms with E-state index >= 15 is 0 Å². The van der Waals surface area contributed by atoms with Crippen LogP contribution in [0.25, 0.3) is 0 Å². The van der Waals surface area contributed by atoms with Crippen molar-refractivity contribution < 1.29 is 4.79 Å². The van der Waals surface area contributed by atoms with Crippen molar-refractivity contribution >= 4 is 5.78 Å². The van der Waals surface area contributed by atoms with Gasteiger partial charge in [-0.2, -0.15) is 0 Å². The summed E-state index contributed by atoms with van der Waals surface area (Å²) in [5, 5.41) is 0. The standard InChI is InChI=1S/C14H16O/c1-11-7-5-6-10-13(11)14(15)12-8-3-2-4-9-12/h2-4,8-9H,5-7,10H2,1H3. The fourth-order valence-electron chi connectivity index (χ4n) is 2.13. The summed E-state index contributed by atoms with van der Waals surface area (Å²) in [6.45, 7) is 2.09. The van der Waals surface area contributed by atoms with Crippen molar-refractivity contribution in [2.24, 2.45) is 0 Å². The molecule has 1 aromatic rings. The molecule has 0 spiro atoms. The van der Waals surface area contributed by atoms with Crippen LogP contribution in [0.3, 0.4) is 0 Å². The van der Waals surface area contributed by atoms with Gasteiger partial charge in [0, 0.05) is 5.56 Å². The molecule has 1 heteroatoms. The summed E-state index contributed by atoms with van der Waals surface area (Å²) >= 11 is 0. The second-order valence-corrected chi connectivity index (χ2v) is 4.16. The Hall–Kier alpha value is -1.37. The van der Waals surface area contributed by atoms with Gasteiger partial charge in [0.2, 0.25) is 0 Å². The Bertz CT molecular complexity index is 387. The van der Waals surface area contributed by atoms with Gasteiger partial charge in [-0.3, -0.25) is 4.79 Å². The second-order valence-electron chi connectivity index (χ2n) is 4.16. The first-order valence-electron chi connectivity index (χ1n) is 5.57. The Kier molecular flexibility index (Phi) is 3.00. The molecule has 0 radical (unpaired) electrons. The molecular formula is C14H16O. The van der Waals surface area contributed by atoms with Crippen LogP contribution in [0.15, 0.2) is 41.5 Å². The fourth-order valence-corrected chi connectivity index (χ4v) is 2.13. The number of allylic oxidation sites excluding steroid dienone is 2. The summed E-state index contributed by atoms with van der Waals surface area (Å²) in [5.41, 5.74) is 3.16. The Morgan fingerprint density at radius 1 is 1.07 bits per heavy atom. The predicted octanol–water partition coefficient (Wildman–Crippen LogP) is 3.76. The molecule has 0 aromatic heterocycles. The lowest BCUT2D eigenvalue weighted by Gasteiger charge is -2.16. The van der Waals surface area contributed by atoms with Gasteiger partial charge in [0.25, 0.3) is 0 Å². The molecule has 1 aliphatic rings. The van der Waals surface area contributed by atoms with Crippen molar-refractivity contribution in [3.05, 3.63) is 47.0 Å². The van der Waals surface area contributed by atoms with E-state index in [2.05, 4.69) is 6.92 Å². The van der Waals surface area contributed by atoms with E-state index in [9.17, 15) is 4.79 Å². The molecule has 0 N–H and O–H groups in total. The molecule has 0 saturated heterocycles. The van der Waals surface area contributed by atoms with E-state index in [4.69, 9.17) is 0 Å². The lowest BCUT2D eigenvalue weighted by molar-refractivity contribution is 0.102. The van der Waals surface area contributed by atoms with Gasteiger partial charge in [-0.25, -0.2) is 0 Å². The van der Waals surface area contributed by atoms with Gasteiger partial charge in [0.15, 0.2) is 5.78 Å². The van der Waals surface area contributed by atoms with Crippen LogP contribution in [0.2, 0.25) is 0 Å². The molecule has 2 rings (SSSR count). The fraction of sp³-hybridized carbons (Fsp3) is 0.357. The minimum atomic E-state index is 0.229. The van der Waals surface area contributed by atoms with Crippen molar-refractivity contribution in [3.63, 3.8) is 0 Å². The SMILES string of the molecule is CC1=C(C(=O)c2ccccc2)CCCC1. The van der Waals surface area contributed by atoms with Crippen LogP contribution in [0, 0.1) is 0 Å². The van der Waals surface area contributed by atoms with Crippen LogP contribution in [-0.2, 0) is 0 Å². The molecule has 0 aliphatic heterocycles. The van der Waals surface area contributed by atoms with Gasteiger partial charge >= 0.3 is 0 Å². The van der Waals surface area contributed by atoms with E-state index in [0.29, 0.717) is 0 Å². The van der Waals surface area contributed by atoms with E-state index in [1.165, 1.54) is 12.0 Å². The number of hydrogen-bond donors (Lipinski definition) is 0. The van der Waals surface area contributed by atoms with E-state index in [0.717, 1.165) is 30.4 Å². The molecular weight excluding hydrogens is 184 g/mol. The van der Waals surface area contributed by atoms with Crippen molar-refractivity contribution in [1.29, 1.82) is 0 Å². The summed E-state index contributed by atoms with van der Waals surface area (Å²) < 4.78 is 0. The van der Waals surface area contributed by atoms with Crippen LogP contribution in [0.4, 0.5) is 0 Å². The lowest BCUT2D eigenvalue weighted by Crippen LogP contribution is -2.09. The third-order valence-electron chi connectivity index (χ3n) is 3.05. The van der Waals surface area contributed by atoms with Gasteiger partial charge in [0.1, 0.15) is 0 Å². The van der Waals surface area contributed by atoms with Gasteiger partial charge in [0.05, 0.1) is 0 Å². The molecule has 0 fully saturated rings. The quantitative estimate of drug-likeness (QED) is 0.664. The van der Waals surface area contributed by atoms with E-state index in [1.54, 1.807) is 0 Å². The first-order chi connectivity index (χ1) is 7.29. The zero-order valence-electron chi connectivity index (χ0n) is 9.12. The smallest absolute Gasteiger partial charge is 0.188 e. The molecule has 1 aliphatic carbocycles.